The number of hydrogen-bond acceptors (Lipinski definition) is 2. The molecule has 3 rings (SSSR count). The zero-order chi connectivity index (χ0) is 18.5. The first-order valence-corrected chi connectivity index (χ1v) is 9.02. The largest absolute Gasteiger partial charge is 0.326 e. The Balaban J connectivity index is 1.61. The smallest absolute Gasteiger partial charge is 0.321 e. The van der Waals surface area contributed by atoms with Crippen LogP contribution in [-0.2, 0) is 4.79 Å². The normalized spacial score (nSPS) is 16.8. The third-order valence-corrected chi connectivity index (χ3v) is 4.76. The van der Waals surface area contributed by atoms with Crippen molar-refractivity contribution < 1.29 is 9.59 Å². The summed E-state index contributed by atoms with van der Waals surface area (Å²) >= 11 is 0. The molecule has 0 unspecified atom stereocenters. The average Bonchev–Trinajstić information content (AvgIpc) is 2.65. The SMILES string of the molecule is Cc1ccc(C)c(NC(=O)[C@@H]2CCCN(C(=O)Nc3ccccc3)C2)c1. The quantitative estimate of drug-likeness (QED) is 0.871. The molecule has 1 saturated heterocycles. The van der Waals surface area contributed by atoms with E-state index in [2.05, 4.69) is 10.6 Å². The standard InChI is InChI=1S/C21H25N3O2/c1-15-10-11-16(2)19(13-15)23-20(25)17-7-6-12-24(14-17)21(26)22-18-8-4-3-5-9-18/h3-5,8-11,13,17H,6-7,12,14H2,1-2H3,(H,22,26)(H,23,25)/t17-/m1/s1. The number of likely N-dealkylation sites (tertiary alicyclic amines) is 1. The Labute approximate surface area is 154 Å². The van der Waals surface area contributed by atoms with Gasteiger partial charge in [0.2, 0.25) is 5.91 Å². The Bertz CT molecular complexity index is 789. The molecular weight excluding hydrogens is 326 g/mol. The van der Waals surface area contributed by atoms with Crippen molar-refractivity contribution in [3.05, 3.63) is 59.7 Å². The lowest BCUT2D eigenvalue weighted by molar-refractivity contribution is -0.121. The van der Waals surface area contributed by atoms with Gasteiger partial charge in [0.1, 0.15) is 0 Å². The molecule has 2 N–H and O–H groups in total. The summed E-state index contributed by atoms with van der Waals surface area (Å²) in [6, 6.07) is 15.2. The van der Waals surface area contributed by atoms with Crippen LogP contribution in [0.5, 0.6) is 0 Å². The summed E-state index contributed by atoms with van der Waals surface area (Å²) in [5, 5.41) is 5.93. The molecule has 26 heavy (non-hydrogen) atoms. The van der Waals surface area contributed by atoms with Gasteiger partial charge in [-0.15, -0.1) is 0 Å². The summed E-state index contributed by atoms with van der Waals surface area (Å²) in [4.78, 5) is 26.9. The summed E-state index contributed by atoms with van der Waals surface area (Å²) in [5.74, 6) is -0.207. The number of urea groups is 1. The first-order valence-electron chi connectivity index (χ1n) is 9.02. The fraction of sp³-hybridized carbons (Fsp3) is 0.333. The third kappa shape index (κ3) is 4.42. The number of piperidine rings is 1. The number of amides is 3. The maximum atomic E-state index is 12.7. The molecule has 5 nitrogen and oxygen atoms in total. The molecular formula is C21H25N3O2. The molecule has 2 aromatic carbocycles. The highest BCUT2D eigenvalue weighted by atomic mass is 16.2. The van der Waals surface area contributed by atoms with Crippen molar-refractivity contribution in [2.24, 2.45) is 5.92 Å². The van der Waals surface area contributed by atoms with Gasteiger partial charge in [0, 0.05) is 24.5 Å². The average molecular weight is 351 g/mol. The van der Waals surface area contributed by atoms with Crippen LogP contribution in [0.4, 0.5) is 16.2 Å². The van der Waals surface area contributed by atoms with Gasteiger partial charge in [-0.1, -0.05) is 30.3 Å². The van der Waals surface area contributed by atoms with Crippen molar-refractivity contribution in [2.75, 3.05) is 23.7 Å². The molecule has 2 aromatic rings. The topological polar surface area (TPSA) is 61.4 Å². The Kier molecular flexibility index (Phi) is 5.56. The van der Waals surface area contributed by atoms with E-state index in [-0.39, 0.29) is 17.9 Å². The Hall–Kier alpha value is -2.82. The summed E-state index contributed by atoms with van der Waals surface area (Å²) in [6.07, 6.45) is 1.62. The van der Waals surface area contributed by atoms with E-state index >= 15 is 0 Å². The van der Waals surface area contributed by atoms with E-state index in [0.29, 0.717) is 13.1 Å². The van der Waals surface area contributed by atoms with Gasteiger partial charge in [-0.2, -0.15) is 0 Å². The maximum absolute atomic E-state index is 12.7. The lowest BCUT2D eigenvalue weighted by Gasteiger charge is -2.32. The van der Waals surface area contributed by atoms with E-state index in [4.69, 9.17) is 0 Å². The van der Waals surface area contributed by atoms with Crippen LogP contribution in [0, 0.1) is 19.8 Å². The van der Waals surface area contributed by atoms with E-state index in [0.717, 1.165) is 35.3 Å². The number of carbonyl (C=O) groups excluding carboxylic acids is 2. The van der Waals surface area contributed by atoms with Gasteiger partial charge < -0.3 is 15.5 Å². The van der Waals surface area contributed by atoms with Crippen LogP contribution < -0.4 is 10.6 Å². The number of anilines is 2. The zero-order valence-electron chi connectivity index (χ0n) is 15.3. The van der Waals surface area contributed by atoms with Gasteiger partial charge in [-0.25, -0.2) is 4.79 Å². The molecule has 0 saturated carbocycles. The monoisotopic (exact) mass is 351 g/mol. The number of nitrogens with one attached hydrogen (secondary N) is 2. The van der Waals surface area contributed by atoms with Crippen molar-refractivity contribution >= 4 is 23.3 Å². The second-order valence-corrected chi connectivity index (χ2v) is 6.89. The number of carbonyl (C=O) groups is 2. The lowest BCUT2D eigenvalue weighted by Crippen LogP contribution is -2.45. The van der Waals surface area contributed by atoms with Crippen LogP contribution in [-0.4, -0.2) is 29.9 Å². The number of rotatable bonds is 3. The van der Waals surface area contributed by atoms with Crippen molar-refractivity contribution in [1.29, 1.82) is 0 Å². The van der Waals surface area contributed by atoms with E-state index in [9.17, 15) is 9.59 Å². The molecule has 0 aliphatic carbocycles. The van der Waals surface area contributed by atoms with Crippen LogP contribution in [0.3, 0.4) is 0 Å². The second kappa shape index (κ2) is 8.04. The van der Waals surface area contributed by atoms with Crippen molar-refractivity contribution in [3.8, 4) is 0 Å². The summed E-state index contributed by atoms with van der Waals surface area (Å²) in [7, 11) is 0. The minimum Gasteiger partial charge on any atom is -0.326 e. The number of nitrogens with zero attached hydrogens (tertiary/aromatic N) is 1. The molecule has 1 aliphatic rings. The lowest BCUT2D eigenvalue weighted by atomic mass is 9.97. The highest BCUT2D eigenvalue weighted by Gasteiger charge is 2.28. The molecule has 0 bridgehead atoms. The Morgan fingerprint density at radius 2 is 1.81 bits per heavy atom. The predicted octanol–water partition coefficient (Wildman–Crippen LogP) is 4.19. The number of para-hydroxylation sites is 1. The molecule has 0 radical (unpaired) electrons. The summed E-state index contributed by atoms with van der Waals surface area (Å²) in [5.41, 5.74) is 3.76. The Morgan fingerprint density at radius 3 is 2.58 bits per heavy atom. The minimum absolute atomic E-state index is 0.0177. The second-order valence-electron chi connectivity index (χ2n) is 6.89. The molecule has 1 heterocycles. The van der Waals surface area contributed by atoms with Gasteiger partial charge >= 0.3 is 6.03 Å². The fourth-order valence-electron chi connectivity index (χ4n) is 3.20. The van der Waals surface area contributed by atoms with Gasteiger partial charge in [0.05, 0.1) is 5.92 Å². The number of aryl methyl sites for hydroxylation is 2. The molecule has 136 valence electrons. The van der Waals surface area contributed by atoms with Gasteiger partial charge in [-0.05, 0) is 56.0 Å². The molecule has 0 aromatic heterocycles. The first kappa shape index (κ1) is 18.0. The van der Waals surface area contributed by atoms with Crippen LogP contribution in [0.15, 0.2) is 48.5 Å². The number of hydrogen-bond donors (Lipinski definition) is 2. The summed E-state index contributed by atoms with van der Waals surface area (Å²) < 4.78 is 0. The van der Waals surface area contributed by atoms with Crippen LogP contribution in [0.2, 0.25) is 0 Å². The van der Waals surface area contributed by atoms with E-state index in [1.54, 1.807) is 4.90 Å². The molecule has 3 amide bonds. The van der Waals surface area contributed by atoms with Gasteiger partial charge in [-0.3, -0.25) is 4.79 Å². The molecule has 1 fully saturated rings. The molecule has 0 spiro atoms. The maximum Gasteiger partial charge on any atom is 0.321 e. The number of benzene rings is 2. The predicted molar refractivity (Wildman–Crippen MR) is 104 cm³/mol. The van der Waals surface area contributed by atoms with Crippen molar-refractivity contribution in [3.63, 3.8) is 0 Å². The van der Waals surface area contributed by atoms with Crippen molar-refractivity contribution in [2.45, 2.75) is 26.7 Å². The third-order valence-electron chi connectivity index (χ3n) is 4.76. The highest BCUT2D eigenvalue weighted by Crippen LogP contribution is 2.22. The van der Waals surface area contributed by atoms with Gasteiger partial charge in [0.15, 0.2) is 0 Å². The molecule has 5 heteroatoms. The fourth-order valence-corrected chi connectivity index (χ4v) is 3.20. The van der Waals surface area contributed by atoms with Crippen molar-refractivity contribution in [1.82, 2.24) is 4.90 Å². The van der Waals surface area contributed by atoms with Crippen LogP contribution in [0.25, 0.3) is 0 Å². The van der Waals surface area contributed by atoms with E-state index in [1.807, 2.05) is 62.4 Å². The van der Waals surface area contributed by atoms with Gasteiger partial charge in [0.25, 0.3) is 0 Å². The summed E-state index contributed by atoms with van der Waals surface area (Å²) in [6.45, 7) is 5.10. The van der Waals surface area contributed by atoms with Crippen LogP contribution in [0.1, 0.15) is 24.0 Å². The molecule has 1 aliphatic heterocycles. The highest BCUT2D eigenvalue weighted by molar-refractivity contribution is 5.94. The zero-order valence-corrected chi connectivity index (χ0v) is 15.3. The van der Waals surface area contributed by atoms with E-state index < -0.39 is 0 Å². The van der Waals surface area contributed by atoms with Crippen LogP contribution >= 0.6 is 0 Å². The first-order chi connectivity index (χ1) is 12.5. The Morgan fingerprint density at radius 1 is 1.04 bits per heavy atom. The minimum atomic E-state index is -0.190. The van der Waals surface area contributed by atoms with E-state index in [1.165, 1.54) is 0 Å². The molecule has 1 atom stereocenters.